The average molecular weight is 400 g/mol. The van der Waals surface area contributed by atoms with Gasteiger partial charge in [0.2, 0.25) is 10.0 Å². The first-order chi connectivity index (χ1) is 12.7. The molecule has 1 amide bonds. The fourth-order valence-corrected chi connectivity index (χ4v) is 4.65. The van der Waals surface area contributed by atoms with E-state index in [1.807, 2.05) is 0 Å². The van der Waals surface area contributed by atoms with Gasteiger partial charge in [0.25, 0.3) is 5.91 Å². The zero-order chi connectivity index (χ0) is 20.2. The van der Waals surface area contributed by atoms with Crippen molar-refractivity contribution in [1.29, 1.82) is 0 Å². The molecule has 7 nitrogen and oxygen atoms in total. The summed E-state index contributed by atoms with van der Waals surface area (Å²) >= 11 is 0. The molecule has 0 aliphatic carbocycles. The normalized spacial score (nSPS) is 16.1. The maximum atomic E-state index is 14.2. The SMILES string of the molecule is CCN(CC(C)C(=O)OC)C(=O)c1ccc(F)c(S(=O)(=O)N2CCCC2)c1. The van der Waals surface area contributed by atoms with Gasteiger partial charge < -0.3 is 9.64 Å². The van der Waals surface area contributed by atoms with Crippen LogP contribution in [0.15, 0.2) is 23.1 Å². The molecule has 2 rings (SSSR count). The Morgan fingerprint density at radius 3 is 2.48 bits per heavy atom. The summed E-state index contributed by atoms with van der Waals surface area (Å²) in [7, 11) is -2.71. The van der Waals surface area contributed by atoms with Gasteiger partial charge in [-0.15, -0.1) is 0 Å². The Morgan fingerprint density at radius 1 is 1.30 bits per heavy atom. The van der Waals surface area contributed by atoms with Gasteiger partial charge in [-0.2, -0.15) is 4.31 Å². The molecule has 1 atom stereocenters. The molecule has 1 aliphatic heterocycles. The van der Waals surface area contributed by atoms with Crippen molar-refractivity contribution < 1.29 is 27.1 Å². The molecule has 1 aliphatic rings. The van der Waals surface area contributed by atoms with Gasteiger partial charge in [0, 0.05) is 31.7 Å². The molecule has 1 fully saturated rings. The molecule has 1 aromatic rings. The summed E-state index contributed by atoms with van der Waals surface area (Å²) in [5.74, 6) is -2.33. The highest BCUT2D eigenvalue weighted by atomic mass is 32.2. The molecule has 0 saturated carbocycles. The van der Waals surface area contributed by atoms with E-state index >= 15 is 0 Å². The van der Waals surface area contributed by atoms with Gasteiger partial charge in [-0.3, -0.25) is 9.59 Å². The summed E-state index contributed by atoms with van der Waals surface area (Å²) in [5, 5.41) is 0. The second-order valence-electron chi connectivity index (χ2n) is 6.52. The van der Waals surface area contributed by atoms with Gasteiger partial charge in [-0.25, -0.2) is 12.8 Å². The number of ether oxygens (including phenoxy) is 1. The van der Waals surface area contributed by atoms with Gasteiger partial charge >= 0.3 is 5.97 Å². The predicted octanol–water partition coefficient (Wildman–Crippen LogP) is 1.88. The van der Waals surface area contributed by atoms with E-state index in [-0.39, 0.29) is 12.1 Å². The third kappa shape index (κ3) is 4.65. The maximum Gasteiger partial charge on any atom is 0.310 e. The van der Waals surface area contributed by atoms with Crippen LogP contribution >= 0.6 is 0 Å². The lowest BCUT2D eigenvalue weighted by Gasteiger charge is -2.24. The summed E-state index contributed by atoms with van der Waals surface area (Å²) in [6.07, 6.45) is 1.46. The van der Waals surface area contributed by atoms with E-state index in [9.17, 15) is 22.4 Å². The van der Waals surface area contributed by atoms with E-state index in [1.54, 1.807) is 13.8 Å². The first-order valence-electron chi connectivity index (χ1n) is 8.89. The van der Waals surface area contributed by atoms with Crippen molar-refractivity contribution in [2.24, 2.45) is 5.92 Å². The lowest BCUT2D eigenvalue weighted by atomic mass is 10.1. The number of hydrogen-bond donors (Lipinski definition) is 0. The Kier molecular flexibility index (Phi) is 6.94. The average Bonchev–Trinajstić information content (AvgIpc) is 3.20. The number of hydrogen-bond acceptors (Lipinski definition) is 5. The van der Waals surface area contributed by atoms with Crippen LogP contribution in [-0.2, 0) is 19.6 Å². The summed E-state index contributed by atoms with van der Waals surface area (Å²) in [6, 6.07) is 3.33. The lowest BCUT2D eigenvalue weighted by molar-refractivity contribution is -0.145. The number of methoxy groups -OCH3 is 1. The van der Waals surface area contributed by atoms with Gasteiger partial charge in [0.05, 0.1) is 13.0 Å². The predicted molar refractivity (Wildman–Crippen MR) is 97.2 cm³/mol. The molecule has 27 heavy (non-hydrogen) atoms. The zero-order valence-corrected chi connectivity index (χ0v) is 16.6. The van der Waals surface area contributed by atoms with Crippen LogP contribution in [0, 0.1) is 11.7 Å². The molecule has 0 N–H and O–H groups in total. The fourth-order valence-electron chi connectivity index (χ4n) is 3.05. The quantitative estimate of drug-likeness (QED) is 0.653. The highest BCUT2D eigenvalue weighted by Crippen LogP contribution is 2.24. The minimum atomic E-state index is -3.98. The van der Waals surface area contributed by atoms with Crippen LogP contribution in [-0.4, -0.2) is 62.8 Å². The van der Waals surface area contributed by atoms with Crippen molar-refractivity contribution in [3.63, 3.8) is 0 Å². The third-order valence-corrected chi connectivity index (χ3v) is 6.54. The molecule has 0 aromatic heterocycles. The van der Waals surface area contributed by atoms with Crippen LogP contribution in [0.25, 0.3) is 0 Å². The standard InChI is InChI=1S/C18H25FN2O5S/c1-4-20(12-13(2)18(23)26-3)17(22)14-7-8-15(19)16(11-14)27(24,25)21-9-5-6-10-21/h7-8,11,13H,4-6,9-10,12H2,1-3H3. The van der Waals surface area contributed by atoms with Crippen molar-refractivity contribution >= 4 is 21.9 Å². The number of benzene rings is 1. The first-order valence-corrected chi connectivity index (χ1v) is 10.3. The molecule has 1 saturated heterocycles. The Bertz CT molecular complexity index is 806. The molecule has 0 spiro atoms. The van der Waals surface area contributed by atoms with E-state index in [0.29, 0.717) is 19.6 Å². The van der Waals surface area contributed by atoms with Crippen LogP contribution in [0.2, 0.25) is 0 Å². The molecule has 150 valence electrons. The fraction of sp³-hybridized carbons (Fsp3) is 0.556. The molecule has 0 radical (unpaired) electrons. The molecule has 1 aromatic carbocycles. The van der Waals surface area contributed by atoms with Crippen LogP contribution < -0.4 is 0 Å². The van der Waals surface area contributed by atoms with Gasteiger partial charge in [-0.1, -0.05) is 6.92 Å². The van der Waals surface area contributed by atoms with E-state index < -0.39 is 38.5 Å². The molecular weight excluding hydrogens is 375 g/mol. The topological polar surface area (TPSA) is 84.0 Å². The highest BCUT2D eigenvalue weighted by molar-refractivity contribution is 7.89. The number of carbonyl (C=O) groups excluding carboxylic acids is 2. The zero-order valence-electron chi connectivity index (χ0n) is 15.8. The largest absolute Gasteiger partial charge is 0.469 e. The summed E-state index contributed by atoms with van der Waals surface area (Å²) < 4.78 is 45.5. The van der Waals surface area contributed by atoms with E-state index in [4.69, 9.17) is 0 Å². The van der Waals surface area contributed by atoms with Gasteiger partial charge in [0.1, 0.15) is 10.7 Å². The Morgan fingerprint density at radius 2 is 1.93 bits per heavy atom. The molecular formula is C18H25FN2O5S. The van der Waals surface area contributed by atoms with Gasteiger partial charge in [0.15, 0.2) is 0 Å². The summed E-state index contributed by atoms with van der Waals surface area (Å²) in [6.45, 7) is 4.50. The second-order valence-corrected chi connectivity index (χ2v) is 8.43. The number of sulfonamides is 1. The number of halogens is 1. The van der Waals surface area contributed by atoms with Crippen molar-refractivity contribution in [3.8, 4) is 0 Å². The van der Waals surface area contributed by atoms with Crippen LogP contribution in [0.3, 0.4) is 0 Å². The number of rotatable bonds is 7. The van der Waals surface area contributed by atoms with Crippen molar-refractivity contribution in [2.45, 2.75) is 31.6 Å². The summed E-state index contributed by atoms with van der Waals surface area (Å²) in [4.78, 5) is 25.3. The van der Waals surface area contributed by atoms with Crippen LogP contribution in [0.5, 0.6) is 0 Å². The van der Waals surface area contributed by atoms with Crippen LogP contribution in [0.4, 0.5) is 4.39 Å². The number of amides is 1. The number of esters is 1. The van der Waals surface area contributed by atoms with E-state index in [2.05, 4.69) is 4.74 Å². The molecule has 0 bridgehead atoms. The van der Waals surface area contributed by atoms with E-state index in [0.717, 1.165) is 25.0 Å². The Hall–Kier alpha value is -2.00. The Labute approximate surface area is 159 Å². The first kappa shape index (κ1) is 21.3. The second kappa shape index (κ2) is 8.79. The smallest absolute Gasteiger partial charge is 0.310 e. The van der Waals surface area contributed by atoms with Crippen molar-refractivity contribution in [1.82, 2.24) is 9.21 Å². The van der Waals surface area contributed by atoms with Crippen molar-refractivity contribution in [3.05, 3.63) is 29.6 Å². The Balaban J connectivity index is 2.30. The van der Waals surface area contributed by atoms with Crippen molar-refractivity contribution in [2.75, 3.05) is 33.3 Å². The lowest BCUT2D eigenvalue weighted by Crippen LogP contribution is -2.37. The summed E-state index contributed by atoms with van der Waals surface area (Å²) in [5.41, 5.74) is 0.0630. The van der Waals surface area contributed by atoms with Crippen LogP contribution in [0.1, 0.15) is 37.0 Å². The maximum absolute atomic E-state index is 14.2. The van der Waals surface area contributed by atoms with Gasteiger partial charge in [-0.05, 0) is 38.0 Å². The molecule has 1 heterocycles. The third-order valence-electron chi connectivity index (χ3n) is 4.63. The minimum Gasteiger partial charge on any atom is -0.469 e. The number of nitrogens with zero attached hydrogens (tertiary/aromatic N) is 2. The molecule has 9 heteroatoms. The molecule has 1 unspecified atom stereocenters. The minimum absolute atomic E-state index is 0.0630. The highest BCUT2D eigenvalue weighted by Gasteiger charge is 2.31. The number of carbonyl (C=O) groups is 2. The van der Waals surface area contributed by atoms with E-state index in [1.165, 1.54) is 22.4 Å². The monoisotopic (exact) mass is 400 g/mol.